The van der Waals surface area contributed by atoms with E-state index in [-0.39, 0.29) is 5.91 Å². The van der Waals surface area contributed by atoms with Gasteiger partial charge in [-0.1, -0.05) is 0 Å². The zero-order valence-corrected chi connectivity index (χ0v) is 10.9. The highest BCUT2D eigenvalue weighted by molar-refractivity contribution is 5.94. The molecule has 19 heavy (non-hydrogen) atoms. The first-order valence-corrected chi connectivity index (χ1v) is 6.17. The third-order valence-electron chi connectivity index (χ3n) is 2.74. The van der Waals surface area contributed by atoms with Crippen molar-refractivity contribution in [3.63, 3.8) is 0 Å². The van der Waals surface area contributed by atoms with Crippen molar-refractivity contribution in [2.45, 2.75) is 6.42 Å². The van der Waals surface area contributed by atoms with Crippen molar-refractivity contribution in [1.82, 2.24) is 14.9 Å². The number of aromatic nitrogens is 2. The number of carbonyl (C=O) groups is 1. The van der Waals surface area contributed by atoms with Crippen LogP contribution in [0.1, 0.15) is 16.8 Å². The summed E-state index contributed by atoms with van der Waals surface area (Å²) in [6, 6.07) is 7.40. The van der Waals surface area contributed by atoms with Crippen molar-refractivity contribution in [3.8, 4) is 5.69 Å². The maximum atomic E-state index is 11.8. The summed E-state index contributed by atoms with van der Waals surface area (Å²) in [4.78, 5) is 15.8. The maximum Gasteiger partial charge on any atom is 0.251 e. The normalized spacial score (nSPS) is 10.4. The van der Waals surface area contributed by atoms with Crippen LogP contribution >= 0.6 is 0 Å². The second-order valence-electron chi connectivity index (χ2n) is 4.12. The Balaban J connectivity index is 1.93. The van der Waals surface area contributed by atoms with Gasteiger partial charge >= 0.3 is 0 Å². The van der Waals surface area contributed by atoms with E-state index in [1.165, 1.54) is 0 Å². The number of rotatable bonds is 6. The first-order valence-electron chi connectivity index (χ1n) is 6.17. The van der Waals surface area contributed by atoms with Crippen molar-refractivity contribution >= 4 is 5.91 Å². The summed E-state index contributed by atoms with van der Waals surface area (Å²) in [5, 5.41) is 2.85. The van der Waals surface area contributed by atoms with Crippen LogP contribution < -0.4 is 5.32 Å². The lowest BCUT2D eigenvalue weighted by Crippen LogP contribution is -2.25. The van der Waals surface area contributed by atoms with Gasteiger partial charge in [0.15, 0.2) is 0 Å². The molecular weight excluding hydrogens is 242 g/mol. The average Bonchev–Trinajstić information content (AvgIpc) is 2.98. The lowest BCUT2D eigenvalue weighted by atomic mass is 10.2. The maximum absolute atomic E-state index is 11.8. The van der Waals surface area contributed by atoms with Gasteiger partial charge in [0.05, 0.1) is 6.33 Å². The number of amides is 1. The molecule has 0 bridgehead atoms. The van der Waals surface area contributed by atoms with E-state index >= 15 is 0 Å². The van der Waals surface area contributed by atoms with Gasteiger partial charge in [0.25, 0.3) is 5.91 Å². The van der Waals surface area contributed by atoms with E-state index in [9.17, 15) is 4.79 Å². The van der Waals surface area contributed by atoms with Gasteiger partial charge in [0, 0.05) is 43.9 Å². The minimum atomic E-state index is -0.0618. The van der Waals surface area contributed by atoms with Gasteiger partial charge in [-0.3, -0.25) is 4.79 Å². The molecule has 0 saturated heterocycles. The van der Waals surface area contributed by atoms with Crippen LogP contribution in [0, 0.1) is 0 Å². The number of imidazole rings is 1. The Bertz CT molecular complexity index is 506. The highest BCUT2D eigenvalue weighted by Gasteiger charge is 2.04. The number of hydrogen-bond acceptors (Lipinski definition) is 3. The van der Waals surface area contributed by atoms with Crippen LogP contribution in [0.3, 0.4) is 0 Å². The lowest BCUT2D eigenvalue weighted by Gasteiger charge is -2.06. The molecule has 0 spiro atoms. The summed E-state index contributed by atoms with van der Waals surface area (Å²) in [5.41, 5.74) is 1.63. The fraction of sp³-hybridized carbons (Fsp3) is 0.286. The number of nitrogens with zero attached hydrogens (tertiary/aromatic N) is 2. The van der Waals surface area contributed by atoms with E-state index < -0.39 is 0 Å². The Hall–Kier alpha value is -2.14. The van der Waals surface area contributed by atoms with E-state index in [4.69, 9.17) is 4.74 Å². The lowest BCUT2D eigenvalue weighted by molar-refractivity contribution is 0.0948. The van der Waals surface area contributed by atoms with E-state index in [2.05, 4.69) is 10.3 Å². The van der Waals surface area contributed by atoms with Crippen molar-refractivity contribution in [3.05, 3.63) is 48.5 Å². The van der Waals surface area contributed by atoms with Crippen LogP contribution in [0.4, 0.5) is 0 Å². The van der Waals surface area contributed by atoms with Crippen molar-refractivity contribution in [2.24, 2.45) is 0 Å². The van der Waals surface area contributed by atoms with Crippen molar-refractivity contribution in [2.75, 3.05) is 20.3 Å². The molecule has 1 heterocycles. The summed E-state index contributed by atoms with van der Waals surface area (Å²) >= 11 is 0. The van der Waals surface area contributed by atoms with Crippen LogP contribution in [0.15, 0.2) is 43.0 Å². The van der Waals surface area contributed by atoms with E-state index in [1.54, 1.807) is 31.8 Å². The predicted molar refractivity (Wildman–Crippen MR) is 72.4 cm³/mol. The molecule has 100 valence electrons. The second-order valence-corrected chi connectivity index (χ2v) is 4.12. The van der Waals surface area contributed by atoms with Gasteiger partial charge in [-0.25, -0.2) is 4.98 Å². The summed E-state index contributed by atoms with van der Waals surface area (Å²) in [5.74, 6) is -0.0618. The van der Waals surface area contributed by atoms with Gasteiger partial charge < -0.3 is 14.6 Å². The summed E-state index contributed by atoms with van der Waals surface area (Å²) in [6.07, 6.45) is 6.12. The molecule has 0 saturated carbocycles. The molecule has 1 N–H and O–H groups in total. The third kappa shape index (κ3) is 3.66. The Labute approximate surface area is 112 Å². The predicted octanol–water partition coefficient (Wildman–Crippen LogP) is 1.64. The van der Waals surface area contributed by atoms with Crippen LogP contribution in [0.25, 0.3) is 5.69 Å². The molecule has 0 aliphatic heterocycles. The molecule has 0 aliphatic rings. The van der Waals surface area contributed by atoms with Gasteiger partial charge in [-0.15, -0.1) is 0 Å². The highest BCUT2D eigenvalue weighted by Crippen LogP contribution is 2.09. The summed E-state index contributed by atoms with van der Waals surface area (Å²) < 4.78 is 6.82. The molecule has 5 nitrogen and oxygen atoms in total. The Morgan fingerprint density at radius 2 is 2.16 bits per heavy atom. The molecule has 0 aliphatic carbocycles. The molecule has 5 heteroatoms. The average molecular weight is 259 g/mol. The Morgan fingerprint density at radius 1 is 1.37 bits per heavy atom. The largest absolute Gasteiger partial charge is 0.385 e. The first-order chi connectivity index (χ1) is 9.31. The number of benzene rings is 1. The van der Waals surface area contributed by atoms with Crippen molar-refractivity contribution in [1.29, 1.82) is 0 Å². The number of carbonyl (C=O) groups excluding carboxylic acids is 1. The van der Waals surface area contributed by atoms with E-state index in [0.29, 0.717) is 18.7 Å². The van der Waals surface area contributed by atoms with Crippen LogP contribution in [-0.2, 0) is 4.74 Å². The Morgan fingerprint density at radius 3 is 2.79 bits per heavy atom. The van der Waals surface area contributed by atoms with Crippen LogP contribution in [0.5, 0.6) is 0 Å². The zero-order chi connectivity index (χ0) is 13.5. The molecule has 0 fully saturated rings. The summed E-state index contributed by atoms with van der Waals surface area (Å²) in [7, 11) is 1.65. The van der Waals surface area contributed by atoms with Crippen LogP contribution in [0.2, 0.25) is 0 Å². The monoisotopic (exact) mass is 259 g/mol. The first kappa shape index (κ1) is 13.3. The van der Waals surface area contributed by atoms with Gasteiger partial charge in [0.2, 0.25) is 0 Å². The molecule has 1 amide bonds. The standard InChI is InChI=1S/C14H17N3O2/c1-19-10-2-7-16-14(18)12-3-5-13(6-4-12)17-9-8-15-11-17/h3-6,8-9,11H,2,7,10H2,1H3,(H,16,18). The highest BCUT2D eigenvalue weighted by atomic mass is 16.5. The topological polar surface area (TPSA) is 56.1 Å². The molecule has 0 unspecified atom stereocenters. The molecule has 2 rings (SSSR count). The summed E-state index contributed by atoms with van der Waals surface area (Å²) in [6.45, 7) is 1.27. The molecule has 0 atom stereocenters. The number of ether oxygens (including phenoxy) is 1. The fourth-order valence-electron chi connectivity index (χ4n) is 1.72. The smallest absolute Gasteiger partial charge is 0.251 e. The minimum Gasteiger partial charge on any atom is -0.385 e. The molecule has 1 aromatic carbocycles. The quantitative estimate of drug-likeness (QED) is 0.802. The Kier molecular flexibility index (Phi) is 4.69. The molecule has 0 radical (unpaired) electrons. The van der Waals surface area contributed by atoms with Crippen LogP contribution in [-0.4, -0.2) is 35.7 Å². The number of methoxy groups -OCH3 is 1. The van der Waals surface area contributed by atoms with Gasteiger partial charge in [0.1, 0.15) is 0 Å². The van der Waals surface area contributed by atoms with Gasteiger partial charge in [-0.05, 0) is 30.7 Å². The SMILES string of the molecule is COCCCNC(=O)c1ccc(-n2ccnc2)cc1. The molecular formula is C14H17N3O2. The fourth-order valence-corrected chi connectivity index (χ4v) is 1.72. The number of hydrogen-bond donors (Lipinski definition) is 1. The van der Waals surface area contributed by atoms with E-state index in [1.807, 2.05) is 22.9 Å². The molecule has 2 aromatic rings. The third-order valence-corrected chi connectivity index (χ3v) is 2.74. The minimum absolute atomic E-state index is 0.0618. The number of nitrogens with one attached hydrogen (secondary N) is 1. The van der Waals surface area contributed by atoms with Gasteiger partial charge in [-0.2, -0.15) is 0 Å². The van der Waals surface area contributed by atoms with E-state index in [0.717, 1.165) is 12.1 Å². The molecule has 1 aromatic heterocycles. The zero-order valence-electron chi connectivity index (χ0n) is 10.9. The van der Waals surface area contributed by atoms with Crippen molar-refractivity contribution < 1.29 is 9.53 Å². The second kappa shape index (κ2) is 6.70.